The van der Waals surface area contributed by atoms with Gasteiger partial charge in [0.2, 0.25) is 0 Å². The Balaban J connectivity index is 0.000000195. The van der Waals surface area contributed by atoms with Crippen LogP contribution in [-0.4, -0.2) is 31.1 Å². The largest absolute Gasteiger partial charge is 0.462 e. The normalized spacial score (nSPS) is 37.4. The van der Waals surface area contributed by atoms with E-state index in [1.165, 1.54) is 160 Å². The number of hydrogen-bond acceptors (Lipinski definition) is 4. The highest BCUT2D eigenvalue weighted by Crippen LogP contribution is 2.41. The Morgan fingerprint density at radius 2 is 0.634 bits per heavy atom. The van der Waals surface area contributed by atoms with Crippen molar-refractivity contribution in [2.45, 2.75) is 306 Å². The third-order valence-corrected chi connectivity index (χ3v) is 19.8. The molecule has 8 saturated carbocycles. The highest BCUT2D eigenvalue weighted by Gasteiger charge is 2.31. The van der Waals surface area contributed by atoms with Crippen LogP contribution < -0.4 is 0 Å². The maximum atomic E-state index is 12.0. The van der Waals surface area contributed by atoms with Crippen molar-refractivity contribution >= 4 is 5.97 Å². The standard InChI is InChI=1S/C15H28O2.C15H26O2.C14H26.C14H20.C8H16.CH4/c1-12-3-7-14(8-4-12)16-11-17-15-9-5-13(2)6-10-15;1-11-3-7-13(8-4-11)15(16)17-14-9-5-12(2)6-10-14;2*1-11-3-7-13(8-4-11)14-9-5-12(2)6-10-14;1-7-3-5-8(2)6-4-7;/h12-15H,3-11H2,1-2H3;11-14H,3-10H2,1-2H3;11-14H,3-10H2,1-2H3;3-4,7-8,12,14H,5-6,9-10H2,1-2H3;7-8H,3-6H2,1-2H3;1H4. The van der Waals surface area contributed by atoms with Crippen LogP contribution in [0.3, 0.4) is 0 Å². The van der Waals surface area contributed by atoms with Gasteiger partial charge in [-0.15, -0.1) is 0 Å². The minimum absolute atomic E-state index is 0. The summed E-state index contributed by atoms with van der Waals surface area (Å²) in [7, 11) is 0. The van der Waals surface area contributed by atoms with Crippen molar-refractivity contribution in [2.24, 2.45) is 71.0 Å². The predicted molar refractivity (Wildman–Crippen MR) is 306 cm³/mol. The number of esters is 1. The minimum Gasteiger partial charge on any atom is -0.462 e. The molecule has 0 aliphatic heterocycles. The van der Waals surface area contributed by atoms with Gasteiger partial charge in [0.05, 0.1) is 18.1 Å². The summed E-state index contributed by atoms with van der Waals surface area (Å²) in [6, 6.07) is 9.12. The van der Waals surface area contributed by atoms with E-state index in [0.29, 0.717) is 19.0 Å². The van der Waals surface area contributed by atoms with Gasteiger partial charge in [-0.1, -0.05) is 164 Å². The van der Waals surface area contributed by atoms with Crippen LogP contribution in [0.25, 0.3) is 0 Å². The van der Waals surface area contributed by atoms with Crippen molar-refractivity contribution < 1.29 is 19.0 Å². The zero-order valence-electron chi connectivity index (χ0n) is 48.0. The van der Waals surface area contributed by atoms with Gasteiger partial charge in [0.25, 0.3) is 0 Å². The second-order valence-corrected chi connectivity index (χ2v) is 26.8. The average Bonchev–Trinajstić information content (AvgIpc) is 3.36. The first kappa shape index (κ1) is 62.2. The molecule has 0 atom stereocenters. The lowest BCUT2D eigenvalue weighted by Gasteiger charge is -2.36. The van der Waals surface area contributed by atoms with Crippen LogP contribution >= 0.6 is 0 Å². The summed E-state index contributed by atoms with van der Waals surface area (Å²) in [6.07, 6.45) is 44.2. The molecule has 0 spiro atoms. The first-order valence-electron chi connectivity index (χ1n) is 31.2. The molecule has 0 unspecified atom stereocenters. The van der Waals surface area contributed by atoms with Gasteiger partial charge in [0, 0.05) is 0 Å². The molecule has 0 bridgehead atoms. The Kier molecular flexibility index (Phi) is 30.0. The summed E-state index contributed by atoms with van der Waals surface area (Å²) < 4.78 is 17.4. The van der Waals surface area contributed by atoms with E-state index in [-0.39, 0.29) is 25.4 Å². The Hall–Kier alpha value is -1.39. The molecule has 71 heavy (non-hydrogen) atoms. The van der Waals surface area contributed by atoms with E-state index >= 15 is 0 Å². The van der Waals surface area contributed by atoms with Crippen LogP contribution in [0.5, 0.6) is 0 Å². The molecule has 8 aliphatic rings. The number of aryl methyl sites for hydroxylation is 1. The number of carbonyl (C=O) groups excluding carboxylic acids is 1. The van der Waals surface area contributed by atoms with E-state index in [4.69, 9.17) is 14.2 Å². The monoisotopic (exact) mass is 989 g/mol. The summed E-state index contributed by atoms with van der Waals surface area (Å²) >= 11 is 0. The van der Waals surface area contributed by atoms with E-state index < -0.39 is 0 Å². The fourth-order valence-electron chi connectivity index (χ4n) is 13.5. The zero-order chi connectivity index (χ0) is 50.3. The molecular weight excluding hydrogens is 869 g/mol. The zero-order valence-corrected chi connectivity index (χ0v) is 48.0. The summed E-state index contributed by atoms with van der Waals surface area (Å²) in [5.41, 5.74) is 2.93. The molecule has 1 aromatic carbocycles. The smallest absolute Gasteiger partial charge is 0.309 e. The van der Waals surface area contributed by atoms with Crippen LogP contribution in [0.2, 0.25) is 0 Å². The molecule has 0 N–H and O–H groups in total. The quantitative estimate of drug-likeness (QED) is 0.192. The average molecular weight is 990 g/mol. The lowest BCUT2D eigenvalue weighted by molar-refractivity contribution is -0.157. The van der Waals surface area contributed by atoms with Gasteiger partial charge in [-0.25, -0.2) is 0 Å². The van der Waals surface area contributed by atoms with Gasteiger partial charge in [-0.05, 0) is 225 Å². The molecule has 4 nitrogen and oxygen atoms in total. The second kappa shape index (κ2) is 34.3. The first-order valence-corrected chi connectivity index (χ1v) is 31.2. The topological polar surface area (TPSA) is 44.8 Å². The molecular formula is C67H120O4. The van der Waals surface area contributed by atoms with E-state index in [1.54, 1.807) is 31.2 Å². The van der Waals surface area contributed by atoms with Crippen molar-refractivity contribution in [1.82, 2.24) is 0 Å². The van der Waals surface area contributed by atoms with Crippen molar-refractivity contribution in [3.63, 3.8) is 0 Å². The Labute approximate surface area is 442 Å². The Bertz CT molecular complexity index is 1390. The highest BCUT2D eigenvalue weighted by molar-refractivity contribution is 5.72. The molecule has 8 aliphatic carbocycles. The summed E-state index contributed by atoms with van der Waals surface area (Å²) in [5.74, 6) is 11.8. The number of benzene rings is 1. The molecule has 4 heteroatoms. The molecule has 1 aromatic rings. The van der Waals surface area contributed by atoms with Gasteiger partial charge < -0.3 is 14.2 Å². The molecule has 0 aromatic heterocycles. The van der Waals surface area contributed by atoms with Crippen LogP contribution in [0, 0.1) is 77.9 Å². The van der Waals surface area contributed by atoms with Crippen molar-refractivity contribution in [3.05, 3.63) is 35.4 Å². The fourth-order valence-corrected chi connectivity index (χ4v) is 13.5. The van der Waals surface area contributed by atoms with E-state index in [1.807, 2.05) is 0 Å². The van der Waals surface area contributed by atoms with Crippen LogP contribution in [0.15, 0.2) is 24.3 Å². The van der Waals surface area contributed by atoms with Gasteiger partial charge in [-0.2, -0.15) is 0 Å². The Morgan fingerprint density at radius 1 is 0.366 bits per heavy atom. The molecule has 8 fully saturated rings. The highest BCUT2D eigenvalue weighted by atomic mass is 16.7. The molecule has 0 heterocycles. The summed E-state index contributed by atoms with van der Waals surface area (Å²) in [5, 5.41) is 0. The third-order valence-electron chi connectivity index (χ3n) is 19.8. The fraction of sp³-hybridized carbons (Fsp3) is 0.896. The summed E-state index contributed by atoms with van der Waals surface area (Å²) in [6.45, 7) is 23.9. The maximum absolute atomic E-state index is 12.0. The Morgan fingerprint density at radius 3 is 0.972 bits per heavy atom. The number of rotatable bonds is 8. The molecule has 412 valence electrons. The lowest BCUT2D eigenvalue weighted by atomic mass is 9.70. The molecule has 0 amide bonds. The van der Waals surface area contributed by atoms with Gasteiger partial charge in [0.15, 0.2) is 0 Å². The predicted octanol–water partition coefficient (Wildman–Crippen LogP) is 20.5. The number of hydrogen-bond donors (Lipinski definition) is 0. The van der Waals surface area contributed by atoms with Crippen LogP contribution in [0.4, 0.5) is 0 Å². The molecule has 0 saturated heterocycles. The molecule has 9 rings (SSSR count). The van der Waals surface area contributed by atoms with Crippen LogP contribution in [-0.2, 0) is 19.0 Å². The van der Waals surface area contributed by atoms with Gasteiger partial charge in [0.1, 0.15) is 12.9 Å². The van der Waals surface area contributed by atoms with E-state index in [0.717, 1.165) is 96.7 Å². The summed E-state index contributed by atoms with van der Waals surface area (Å²) in [4.78, 5) is 12.0. The van der Waals surface area contributed by atoms with Crippen molar-refractivity contribution in [2.75, 3.05) is 6.79 Å². The molecule has 0 radical (unpaired) electrons. The van der Waals surface area contributed by atoms with Crippen LogP contribution in [0.1, 0.15) is 292 Å². The number of ether oxygens (including phenoxy) is 3. The number of carbonyl (C=O) groups is 1. The van der Waals surface area contributed by atoms with Gasteiger partial charge >= 0.3 is 5.97 Å². The first-order chi connectivity index (χ1) is 33.7. The third kappa shape index (κ3) is 24.9. The van der Waals surface area contributed by atoms with E-state index in [9.17, 15) is 4.79 Å². The van der Waals surface area contributed by atoms with E-state index in [2.05, 4.69) is 93.5 Å². The van der Waals surface area contributed by atoms with Crippen molar-refractivity contribution in [3.8, 4) is 0 Å². The lowest BCUT2D eigenvalue weighted by Crippen LogP contribution is -2.29. The van der Waals surface area contributed by atoms with Gasteiger partial charge in [-0.3, -0.25) is 4.79 Å². The maximum Gasteiger partial charge on any atom is 0.309 e. The SMILES string of the molecule is C.CC1CCC(C)CC1.CC1CCC(C2CCC(C)CC2)CC1.CC1CCC(OC(=O)C2CCC(C)CC2)CC1.CC1CCC(OCOC2CCC(C)CC2)CC1.Cc1ccc(C2CCC(C)CC2)cc1. The van der Waals surface area contributed by atoms with Crippen molar-refractivity contribution in [1.29, 1.82) is 0 Å². The minimum atomic E-state index is 0. The second-order valence-electron chi connectivity index (χ2n) is 26.8.